The normalized spacial score (nSPS) is 20.4. The molecule has 0 radical (unpaired) electrons. The number of amides is 1. The number of carbonyl (C=O) groups excluding carboxylic acids is 1. The van der Waals surface area contributed by atoms with Crippen molar-refractivity contribution < 1.29 is 9.53 Å². The number of hydrogen-bond donors (Lipinski definition) is 1. The van der Waals surface area contributed by atoms with Gasteiger partial charge in [-0.2, -0.15) is 0 Å². The Kier molecular flexibility index (Phi) is 3.41. The largest absolute Gasteiger partial charge is 0.450 e. The van der Waals surface area contributed by atoms with Gasteiger partial charge in [-0.1, -0.05) is 0 Å². The smallest absolute Gasteiger partial charge is 0.409 e. The zero-order chi connectivity index (χ0) is 14.2. The van der Waals surface area contributed by atoms with Crippen molar-refractivity contribution in [1.82, 2.24) is 4.90 Å². The molecule has 5 nitrogen and oxygen atoms in total. The molecule has 0 saturated carbocycles. The van der Waals surface area contributed by atoms with Crippen molar-refractivity contribution in [2.75, 3.05) is 19.7 Å². The molecule has 0 aromatic carbocycles. The summed E-state index contributed by atoms with van der Waals surface area (Å²) < 4.78 is 5.05. The lowest BCUT2D eigenvalue weighted by atomic mass is 9.81. The van der Waals surface area contributed by atoms with E-state index in [1.807, 2.05) is 6.92 Å². The maximum atomic E-state index is 11.7. The standard InChI is InChI=1S/C14H19N3O2S/c1-2-19-13(18)17-6-4-14(5-7-17)9-10-3-8-20-11(10)12(15)16-14/h3,8H,2,4-7,9H2,1H3,(H2,15,16). The van der Waals surface area contributed by atoms with Gasteiger partial charge in [-0.15, -0.1) is 11.3 Å². The first-order valence-corrected chi connectivity index (χ1v) is 7.85. The minimum Gasteiger partial charge on any atom is -0.450 e. The van der Waals surface area contributed by atoms with Crippen LogP contribution >= 0.6 is 11.3 Å². The van der Waals surface area contributed by atoms with Gasteiger partial charge >= 0.3 is 6.09 Å². The number of thiophene rings is 1. The van der Waals surface area contributed by atoms with Gasteiger partial charge in [-0.25, -0.2) is 4.79 Å². The van der Waals surface area contributed by atoms with E-state index in [0.29, 0.717) is 25.5 Å². The monoisotopic (exact) mass is 293 g/mol. The Morgan fingerprint density at radius 3 is 3.00 bits per heavy atom. The van der Waals surface area contributed by atoms with Crippen LogP contribution in [0.2, 0.25) is 0 Å². The molecule has 0 atom stereocenters. The Hall–Kier alpha value is -1.56. The molecule has 1 spiro atoms. The molecule has 0 bridgehead atoms. The Morgan fingerprint density at radius 1 is 1.55 bits per heavy atom. The number of fused-ring (bicyclic) bond motifs is 1. The van der Waals surface area contributed by atoms with Gasteiger partial charge in [0.2, 0.25) is 0 Å². The highest BCUT2D eigenvalue weighted by molar-refractivity contribution is 7.12. The first-order valence-electron chi connectivity index (χ1n) is 6.97. The number of nitrogens with two attached hydrogens (primary N) is 1. The molecule has 1 fully saturated rings. The van der Waals surface area contributed by atoms with E-state index in [4.69, 9.17) is 15.5 Å². The molecule has 2 aliphatic rings. The molecule has 1 aromatic heterocycles. The van der Waals surface area contributed by atoms with Crippen molar-refractivity contribution in [3.05, 3.63) is 21.9 Å². The van der Waals surface area contributed by atoms with E-state index in [0.717, 1.165) is 24.1 Å². The van der Waals surface area contributed by atoms with E-state index in [2.05, 4.69) is 11.4 Å². The fraction of sp³-hybridized carbons (Fsp3) is 0.571. The number of carbonyl (C=O) groups is 1. The van der Waals surface area contributed by atoms with Crippen LogP contribution in [0.15, 0.2) is 16.4 Å². The summed E-state index contributed by atoms with van der Waals surface area (Å²) in [4.78, 5) is 19.4. The Bertz CT molecular complexity index is 544. The average Bonchev–Trinajstić information content (AvgIpc) is 2.88. The lowest BCUT2D eigenvalue weighted by Crippen LogP contribution is -2.49. The Labute approximate surface area is 122 Å². The number of nitrogens with zero attached hydrogens (tertiary/aromatic N) is 2. The predicted molar refractivity (Wildman–Crippen MR) is 79.3 cm³/mol. The SMILES string of the molecule is CCOC(=O)N1CCC2(CC1)Cc1ccsc1C(N)=N2. The molecular formula is C14H19N3O2S. The van der Waals surface area contributed by atoms with Crippen molar-refractivity contribution >= 4 is 23.3 Å². The second-order valence-corrected chi connectivity index (χ2v) is 6.28. The number of rotatable bonds is 1. The average molecular weight is 293 g/mol. The number of likely N-dealkylation sites (tertiary alicyclic amines) is 1. The highest BCUT2D eigenvalue weighted by atomic mass is 32.1. The predicted octanol–water partition coefficient (Wildman–Crippen LogP) is 2.00. The van der Waals surface area contributed by atoms with E-state index in [1.165, 1.54) is 5.56 Å². The molecular weight excluding hydrogens is 274 g/mol. The van der Waals surface area contributed by atoms with Crippen molar-refractivity contribution in [2.24, 2.45) is 10.7 Å². The number of hydrogen-bond acceptors (Lipinski definition) is 5. The summed E-state index contributed by atoms with van der Waals surface area (Å²) in [6, 6.07) is 2.14. The summed E-state index contributed by atoms with van der Waals surface area (Å²) in [6.45, 7) is 3.63. The summed E-state index contributed by atoms with van der Waals surface area (Å²) in [5, 5.41) is 2.07. The van der Waals surface area contributed by atoms with Crippen molar-refractivity contribution in [3.8, 4) is 0 Å². The first kappa shape index (κ1) is 13.4. The fourth-order valence-electron chi connectivity index (χ4n) is 3.01. The molecule has 0 unspecified atom stereocenters. The molecule has 0 aliphatic carbocycles. The van der Waals surface area contributed by atoms with Gasteiger partial charge < -0.3 is 15.4 Å². The molecule has 2 aliphatic heterocycles. The Balaban J connectivity index is 1.72. The third-order valence-corrected chi connectivity index (χ3v) is 5.06. The quantitative estimate of drug-likeness (QED) is 0.861. The summed E-state index contributed by atoms with van der Waals surface area (Å²) >= 11 is 1.65. The lowest BCUT2D eigenvalue weighted by molar-refractivity contribution is 0.0873. The summed E-state index contributed by atoms with van der Waals surface area (Å²) in [5.74, 6) is 0.658. The summed E-state index contributed by atoms with van der Waals surface area (Å²) in [6.07, 6.45) is 2.42. The van der Waals surface area contributed by atoms with Crippen LogP contribution in [0.25, 0.3) is 0 Å². The van der Waals surface area contributed by atoms with Gasteiger partial charge in [0.1, 0.15) is 5.84 Å². The van der Waals surface area contributed by atoms with Gasteiger partial charge in [0, 0.05) is 13.1 Å². The second-order valence-electron chi connectivity index (χ2n) is 5.36. The van der Waals surface area contributed by atoms with Crippen LogP contribution < -0.4 is 5.73 Å². The van der Waals surface area contributed by atoms with Crippen LogP contribution in [-0.2, 0) is 11.2 Å². The maximum Gasteiger partial charge on any atom is 0.409 e. The van der Waals surface area contributed by atoms with Crippen LogP contribution in [0, 0.1) is 0 Å². The molecule has 1 saturated heterocycles. The van der Waals surface area contributed by atoms with E-state index >= 15 is 0 Å². The molecule has 2 N–H and O–H groups in total. The molecule has 20 heavy (non-hydrogen) atoms. The van der Waals surface area contributed by atoms with E-state index in [-0.39, 0.29) is 11.6 Å². The molecule has 1 amide bonds. The lowest BCUT2D eigenvalue weighted by Gasteiger charge is -2.40. The van der Waals surface area contributed by atoms with Crippen molar-refractivity contribution in [1.29, 1.82) is 0 Å². The van der Waals surface area contributed by atoms with Crippen molar-refractivity contribution in [3.63, 3.8) is 0 Å². The van der Waals surface area contributed by atoms with Gasteiger partial charge in [0.05, 0.1) is 17.0 Å². The number of amidine groups is 1. The van der Waals surface area contributed by atoms with Crippen LogP contribution in [-0.4, -0.2) is 42.1 Å². The van der Waals surface area contributed by atoms with Gasteiger partial charge in [0.15, 0.2) is 0 Å². The van der Waals surface area contributed by atoms with Gasteiger partial charge in [0.25, 0.3) is 0 Å². The van der Waals surface area contributed by atoms with Crippen LogP contribution in [0.5, 0.6) is 0 Å². The van der Waals surface area contributed by atoms with Gasteiger partial charge in [-0.3, -0.25) is 4.99 Å². The highest BCUT2D eigenvalue weighted by Crippen LogP contribution is 2.36. The highest BCUT2D eigenvalue weighted by Gasteiger charge is 2.39. The zero-order valence-electron chi connectivity index (χ0n) is 11.6. The Morgan fingerprint density at radius 2 is 2.30 bits per heavy atom. The van der Waals surface area contributed by atoms with E-state index in [1.54, 1.807) is 16.2 Å². The van der Waals surface area contributed by atoms with E-state index in [9.17, 15) is 4.79 Å². The minimum absolute atomic E-state index is 0.124. The molecule has 1 aromatic rings. The van der Waals surface area contributed by atoms with Crippen LogP contribution in [0.1, 0.15) is 30.2 Å². The van der Waals surface area contributed by atoms with Crippen LogP contribution in [0.4, 0.5) is 4.79 Å². The molecule has 3 rings (SSSR count). The minimum atomic E-state index is -0.216. The fourth-order valence-corrected chi connectivity index (χ4v) is 3.84. The van der Waals surface area contributed by atoms with Crippen LogP contribution in [0.3, 0.4) is 0 Å². The zero-order valence-corrected chi connectivity index (χ0v) is 12.4. The molecule has 6 heteroatoms. The third kappa shape index (κ3) is 2.28. The van der Waals surface area contributed by atoms with Crippen molar-refractivity contribution in [2.45, 2.75) is 31.7 Å². The molecule has 108 valence electrons. The topological polar surface area (TPSA) is 67.9 Å². The number of aliphatic imine (C=N–C) groups is 1. The summed E-state index contributed by atoms with van der Waals surface area (Å²) in [7, 11) is 0. The summed E-state index contributed by atoms with van der Waals surface area (Å²) in [5.41, 5.74) is 7.27. The number of piperidine rings is 1. The van der Waals surface area contributed by atoms with Gasteiger partial charge in [-0.05, 0) is 43.2 Å². The maximum absolute atomic E-state index is 11.7. The third-order valence-electron chi connectivity index (χ3n) is 4.08. The molecule has 3 heterocycles. The number of ether oxygens (including phenoxy) is 1. The van der Waals surface area contributed by atoms with E-state index < -0.39 is 0 Å². The second kappa shape index (κ2) is 5.09. The first-order chi connectivity index (χ1) is 9.63.